The Labute approximate surface area is 79.2 Å². The van der Waals surface area contributed by atoms with Gasteiger partial charge in [-0.15, -0.1) is 0 Å². The average Bonchev–Trinajstić information content (AvgIpc) is 2.14. The Hall–Kier alpha value is -2.11. The monoisotopic (exact) mass is 195 g/mol. The molecular weight excluding hydrogens is 188 g/mol. The fourth-order valence-corrected chi connectivity index (χ4v) is 0.806. The van der Waals surface area contributed by atoms with E-state index in [0.29, 0.717) is 0 Å². The highest BCUT2D eigenvalue weighted by atomic mass is 16.4. The molecule has 0 fully saturated rings. The van der Waals surface area contributed by atoms with E-state index in [9.17, 15) is 14.7 Å². The number of carboxylic acid groups (broad SMARTS) is 1. The maximum absolute atomic E-state index is 11.1. The first kappa shape index (κ1) is 9.97. The molecule has 1 rings (SSSR count). The molecule has 1 heterocycles. The van der Waals surface area contributed by atoms with Crippen LogP contribution in [0.25, 0.3) is 0 Å². The smallest absolute Gasteiger partial charge is 0.253 e. The number of aromatic nitrogens is 1. The minimum Gasteiger partial charge on any atom is -0.548 e. The van der Waals surface area contributed by atoms with Crippen LogP contribution in [0.5, 0.6) is 5.75 Å². The van der Waals surface area contributed by atoms with Crippen LogP contribution in [0.1, 0.15) is 10.4 Å². The van der Waals surface area contributed by atoms with E-state index >= 15 is 0 Å². The van der Waals surface area contributed by atoms with Crippen molar-refractivity contribution >= 4 is 11.9 Å². The first-order chi connectivity index (χ1) is 6.59. The zero-order valence-corrected chi connectivity index (χ0v) is 7.06. The van der Waals surface area contributed by atoms with Gasteiger partial charge in [0.25, 0.3) is 5.91 Å². The molecule has 0 aliphatic rings. The number of carbonyl (C=O) groups excluding carboxylic acids is 2. The summed E-state index contributed by atoms with van der Waals surface area (Å²) in [6, 6.07) is 1.18. The van der Waals surface area contributed by atoms with Crippen molar-refractivity contribution in [3.63, 3.8) is 0 Å². The van der Waals surface area contributed by atoms with Gasteiger partial charge >= 0.3 is 0 Å². The summed E-state index contributed by atoms with van der Waals surface area (Å²) in [5.41, 5.74) is 0.0891. The van der Waals surface area contributed by atoms with Crippen LogP contribution in [0.15, 0.2) is 18.5 Å². The number of pyridine rings is 1. The molecule has 0 unspecified atom stereocenters. The molecule has 1 amide bonds. The molecule has 0 radical (unpaired) electrons. The van der Waals surface area contributed by atoms with Crippen LogP contribution < -0.4 is 10.4 Å². The van der Waals surface area contributed by atoms with Gasteiger partial charge in [-0.05, 0) is 6.07 Å². The van der Waals surface area contributed by atoms with E-state index < -0.39 is 18.4 Å². The lowest BCUT2D eigenvalue weighted by Gasteiger charge is -2.05. The van der Waals surface area contributed by atoms with Crippen LogP contribution in [0.3, 0.4) is 0 Å². The number of hydrogen-bond donors (Lipinski definition) is 2. The quantitative estimate of drug-likeness (QED) is 0.596. The van der Waals surface area contributed by atoms with Gasteiger partial charge in [0.2, 0.25) is 0 Å². The van der Waals surface area contributed by atoms with Gasteiger partial charge in [0.1, 0.15) is 5.75 Å². The van der Waals surface area contributed by atoms with Gasteiger partial charge in [-0.25, -0.2) is 0 Å². The number of nitrogens with zero attached hydrogens (tertiary/aromatic N) is 1. The van der Waals surface area contributed by atoms with Crippen LogP contribution in [0, 0.1) is 0 Å². The van der Waals surface area contributed by atoms with Gasteiger partial charge in [-0.3, -0.25) is 9.78 Å². The van der Waals surface area contributed by atoms with Crippen molar-refractivity contribution < 1.29 is 19.8 Å². The van der Waals surface area contributed by atoms with Gasteiger partial charge in [0.15, 0.2) is 0 Å². The predicted molar refractivity (Wildman–Crippen MR) is 43.2 cm³/mol. The molecule has 0 bridgehead atoms. The zero-order chi connectivity index (χ0) is 10.6. The summed E-state index contributed by atoms with van der Waals surface area (Å²) < 4.78 is 0. The summed E-state index contributed by atoms with van der Waals surface area (Å²) >= 11 is 0. The van der Waals surface area contributed by atoms with E-state index in [1.807, 2.05) is 0 Å². The third-order valence-corrected chi connectivity index (χ3v) is 1.38. The minimum absolute atomic E-state index is 0.0891. The number of aliphatic carboxylic acids is 1. The summed E-state index contributed by atoms with van der Waals surface area (Å²) in [4.78, 5) is 24.7. The number of rotatable bonds is 3. The van der Waals surface area contributed by atoms with Crippen LogP contribution in [0.4, 0.5) is 0 Å². The van der Waals surface area contributed by atoms with Gasteiger partial charge in [0.05, 0.1) is 24.3 Å². The summed E-state index contributed by atoms with van der Waals surface area (Å²) in [5, 5.41) is 21.1. The number of aromatic hydroxyl groups is 1. The molecule has 0 saturated carbocycles. The number of amides is 1. The van der Waals surface area contributed by atoms with E-state index in [0.717, 1.165) is 6.20 Å². The van der Waals surface area contributed by atoms with Crippen molar-refractivity contribution in [2.24, 2.45) is 0 Å². The van der Waals surface area contributed by atoms with Crippen molar-refractivity contribution in [1.82, 2.24) is 10.3 Å². The molecule has 1 aromatic heterocycles. The molecule has 1 aromatic rings. The molecular formula is C8H7N2O4-. The molecule has 6 heteroatoms. The lowest BCUT2D eigenvalue weighted by atomic mass is 10.2. The lowest BCUT2D eigenvalue weighted by molar-refractivity contribution is -0.303. The SMILES string of the molecule is O=C([O-])CNC(=O)c1cncc(O)c1. The Bertz CT molecular complexity index is 364. The number of nitrogens with one attached hydrogen (secondary N) is 1. The van der Waals surface area contributed by atoms with Crippen molar-refractivity contribution in [1.29, 1.82) is 0 Å². The predicted octanol–water partition coefficient (Wildman–Crippen LogP) is -1.73. The Morgan fingerprint density at radius 3 is 2.79 bits per heavy atom. The fraction of sp³-hybridized carbons (Fsp3) is 0.125. The number of carboxylic acids is 1. The maximum Gasteiger partial charge on any atom is 0.253 e. The summed E-state index contributed by atoms with van der Waals surface area (Å²) in [6.45, 7) is -0.575. The third-order valence-electron chi connectivity index (χ3n) is 1.38. The van der Waals surface area contributed by atoms with Crippen LogP contribution >= 0.6 is 0 Å². The molecule has 2 N–H and O–H groups in total. The van der Waals surface area contributed by atoms with Crippen LogP contribution in [-0.2, 0) is 4.79 Å². The molecule has 0 atom stereocenters. The van der Waals surface area contributed by atoms with Crippen LogP contribution in [0.2, 0.25) is 0 Å². The first-order valence-electron chi connectivity index (χ1n) is 3.71. The molecule has 0 spiro atoms. The summed E-state index contributed by atoms with van der Waals surface area (Å²) in [5.74, 6) is -2.17. The van der Waals surface area contributed by atoms with Crippen molar-refractivity contribution in [3.05, 3.63) is 24.0 Å². The molecule has 0 aromatic carbocycles. The Morgan fingerprint density at radius 2 is 2.21 bits per heavy atom. The Morgan fingerprint density at radius 1 is 1.50 bits per heavy atom. The zero-order valence-electron chi connectivity index (χ0n) is 7.06. The van der Waals surface area contributed by atoms with Gasteiger partial charge < -0.3 is 20.3 Å². The fourth-order valence-electron chi connectivity index (χ4n) is 0.806. The highest BCUT2D eigenvalue weighted by Crippen LogP contribution is 2.07. The standard InChI is InChI=1S/C8H8N2O4/c11-6-1-5(2-9-3-6)8(14)10-4-7(12)13/h1-3,11H,4H2,(H,10,14)(H,12,13)/p-1. The normalized spacial score (nSPS) is 9.43. The topological polar surface area (TPSA) is 102 Å². The lowest BCUT2D eigenvalue weighted by Crippen LogP contribution is -2.37. The second kappa shape index (κ2) is 4.22. The molecule has 6 nitrogen and oxygen atoms in total. The van der Waals surface area contributed by atoms with E-state index in [-0.39, 0.29) is 11.3 Å². The van der Waals surface area contributed by atoms with Crippen LogP contribution in [-0.4, -0.2) is 28.5 Å². The minimum atomic E-state index is -1.38. The number of carbonyl (C=O) groups is 2. The van der Waals surface area contributed by atoms with Crippen molar-refractivity contribution in [2.75, 3.05) is 6.54 Å². The van der Waals surface area contributed by atoms with Crippen molar-refractivity contribution in [3.8, 4) is 5.75 Å². The number of hydrogen-bond acceptors (Lipinski definition) is 5. The Kier molecular flexibility index (Phi) is 3.01. The molecule has 0 aliphatic carbocycles. The third kappa shape index (κ3) is 2.74. The first-order valence-corrected chi connectivity index (χ1v) is 3.71. The van der Waals surface area contributed by atoms with E-state index in [2.05, 4.69) is 10.3 Å². The largest absolute Gasteiger partial charge is 0.548 e. The average molecular weight is 195 g/mol. The maximum atomic E-state index is 11.1. The van der Waals surface area contributed by atoms with E-state index in [4.69, 9.17) is 5.11 Å². The van der Waals surface area contributed by atoms with E-state index in [1.54, 1.807) is 0 Å². The molecule has 74 valence electrons. The highest BCUT2D eigenvalue weighted by Gasteiger charge is 2.05. The van der Waals surface area contributed by atoms with Gasteiger partial charge in [0, 0.05) is 6.20 Å². The highest BCUT2D eigenvalue weighted by molar-refractivity contribution is 5.95. The second-order valence-corrected chi connectivity index (χ2v) is 2.49. The summed E-state index contributed by atoms with van der Waals surface area (Å²) in [6.07, 6.45) is 2.37. The second-order valence-electron chi connectivity index (χ2n) is 2.49. The van der Waals surface area contributed by atoms with Gasteiger partial charge in [-0.2, -0.15) is 0 Å². The summed E-state index contributed by atoms with van der Waals surface area (Å²) in [7, 11) is 0. The Balaban J connectivity index is 2.65. The molecule has 0 aliphatic heterocycles. The van der Waals surface area contributed by atoms with Crippen molar-refractivity contribution in [2.45, 2.75) is 0 Å². The molecule has 14 heavy (non-hydrogen) atoms. The molecule has 0 saturated heterocycles. The van der Waals surface area contributed by atoms with E-state index in [1.165, 1.54) is 12.3 Å². The van der Waals surface area contributed by atoms with Gasteiger partial charge in [-0.1, -0.05) is 0 Å².